The maximum atomic E-state index is 13.4. The largest absolute Gasteiger partial charge is 0.444 e. The molecule has 2 heterocycles. The number of hydrogen-bond acceptors (Lipinski definition) is 4. The molecule has 7 heteroatoms. The third kappa shape index (κ3) is 5.26. The van der Waals surface area contributed by atoms with Crippen molar-refractivity contribution in [1.82, 2.24) is 19.9 Å². The van der Waals surface area contributed by atoms with Crippen LogP contribution in [-0.2, 0) is 11.3 Å². The summed E-state index contributed by atoms with van der Waals surface area (Å²) in [7, 11) is 0. The number of ether oxygens (including phenoxy) is 1. The lowest BCUT2D eigenvalue weighted by molar-refractivity contribution is 0.0486. The summed E-state index contributed by atoms with van der Waals surface area (Å²) in [6.07, 6.45) is 7.54. The van der Waals surface area contributed by atoms with Crippen molar-refractivity contribution in [2.45, 2.75) is 71.6 Å². The van der Waals surface area contributed by atoms with E-state index < -0.39 is 5.60 Å². The van der Waals surface area contributed by atoms with Gasteiger partial charge in [-0.1, -0.05) is 12.1 Å². The van der Waals surface area contributed by atoms with Crippen molar-refractivity contribution in [2.75, 3.05) is 0 Å². The Morgan fingerprint density at radius 2 is 1.88 bits per heavy atom. The Bertz CT molecular complexity index is 1090. The average Bonchev–Trinajstić information content (AvgIpc) is 3.06. The number of nitrogens with one attached hydrogen (secondary N) is 1. The molecular weight excluding hydrogens is 407 g/mol. The number of benzene rings is 1. The number of fused-ring (bicyclic) bond motifs is 1. The zero-order chi connectivity index (χ0) is 22.9. The van der Waals surface area contributed by atoms with E-state index in [-0.39, 0.29) is 18.0 Å². The zero-order valence-corrected chi connectivity index (χ0v) is 19.2. The molecule has 6 nitrogen and oxygen atoms in total. The summed E-state index contributed by atoms with van der Waals surface area (Å²) in [6, 6.07) is 6.70. The van der Waals surface area contributed by atoms with Crippen molar-refractivity contribution in [3.8, 4) is 11.1 Å². The third-order valence-corrected chi connectivity index (χ3v) is 5.91. The number of aryl methyl sites for hydroxylation is 1. The van der Waals surface area contributed by atoms with Crippen LogP contribution in [0.1, 0.15) is 52.3 Å². The molecule has 0 atom stereocenters. The van der Waals surface area contributed by atoms with Crippen LogP contribution >= 0.6 is 0 Å². The Balaban J connectivity index is 1.46. The molecule has 32 heavy (non-hydrogen) atoms. The lowest BCUT2D eigenvalue weighted by atomic mass is 9.86. The first-order chi connectivity index (χ1) is 15.2. The van der Waals surface area contributed by atoms with E-state index >= 15 is 0 Å². The molecule has 4 rings (SSSR count). The van der Waals surface area contributed by atoms with Crippen molar-refractivity contribution < 1.29 is 13.9 Å². The van der Waals surface area contributed by atoms with Gasteiger partial charge in [0.2, 0.25) is 0 Å². The molecule has 1 N–H and O–H groups in total. The van der Waals surface area contributed by atoms with Gasteiger partial charge in [-0.15, -0.1) is 0 Å². The lowest BCUT2D eigenvalue weighted by Crippen LogP contribution is -2.41. The standard InChI is InChI=1S/C25H31FN4O2/c1-16-27-13-21-22(18-7-9-19(26)10-8-18)15-30(23(21)28-16)14-17-5-11-20(12-6-17)29-24(31)32-25(2,3)4/h7-10,13,15,17,20H,5-6,11-12,14H2,1-4H3,(H,29,31)/t17-,20-. The van der Waals surface area contributed by atoms with Gasteiger partial charge in [0.25, 0.3) is 0 Å². The van der Waals surface area contributed by atoms with E-state index in [1.165, 1.54) is 12.1 Å². The normalized spacial score (nSPS) is 19.2. The molecule has 0 radical (unpaired) electrons. The monoisotopic (exact) mass is 438 g/mol. The predicted octanol–water partition coefficient (Wildman–Crippen LogP) is 5.63. The minimum absolute atomic E-state index is 0.154. The van der Waals surface area contributed by atoms with Gasteiger partial charge in [0.1, 0.15) is 22.9 Å². The van der Waals surface area contributed by atoms with Crippen LogP contribution < -0.4 is 5.32 Å². The Labute approximate surface area is 188 Å². The average molecular weight is 439 g/mol. The van der Waals surface area contributed by atoms with Gasteiger partial charge in [0, 0.05) is 35.9 Å². The van der Waals surface area contributed by atoms with E-state index in [0.29, 0.717) is 5.92 Å². The molecule has 0 aliphatic heterocycles. The fourth-order valence-electron chi connectivity index (χ4n) is 4.39. The molecular formula is C25H31FN4O2. The molecule has 1 fully saturated rings. The molecule has 0 unspecified atom stereocenters. The van der Waals surface area contributed by atoms with Crippen molar-refractivity contribution in [3.05, 3.63) is 48.3 Å². The first-order valence-electron chi connectivity index (χ1n) is 11.3. The highest BCUT2D eigenvalue weighted by Gasteiger charge is 2.25. The van der Waals surface area contributed by atoms with Gasteiger partial charge in [0.15, 0.2) is 0 Å². The third-order valence-electron chi connectivity index (χ3n) is 5.91. The van der Waals surface area contributed by atoms with Gasteiger partial charge in [-0.05, 0) is 77.0 Å². The van der Waals surface area contributed by atoms with Gasteiger partial charge < -0.3 is 14.6 Å². The number of rotatable bonds is 4. The molecule has 0 saturated heterocycles. The number of alkyl carbamates (subject to hydrolysis) is 1. The van der Waals surface area contributed by atoms with Gasteiger partial charge in [-0.25, -0.2) is 19.2 Å². The van der Waals surface area contributed by atoms with Crippen molar-refractivity contribution >= 4 is 17.1 Å². The molecule has 1 amide bonds. The van der Waals surface area contributed by atoms with Crippen LogP contribution in [0.3, 0.4) is 0 Å². The second-order valence-electron chi connectivity index (χ2n) is 9.72. The maximum absolute atomic E-state index is 13.4. The fraction of sp³-hybridized carbons (Fsp3) is 0.480. The highest BCUT2D eigenvalue weighted by atomic mass is 19.1. The molecule has 2 aromatic heterocycles. The Kier molecular flexibility index (Phi) is 6.17. The second-order valence-corrected chi connectivity index (χ2v) is 9.72. The summed E-state index contributed by atoms with van der Waals surface area (Å²) >= 11 is 0. The molecule has 1 aromatic carbocycles. The number of carbonyl (C=O) groups is 1. The minimum Gasteiger partial charge on any atom is -0.444 e. The van der Waals surface area contributed by atoms with Crippen molar-refractivity contribution in [1.29, 1.82) is 0 Å². The number of nitrogens with zero attached hydrogens (tertiary/aromatic N) is 3. The number of halogens is 1. The van der Waals surface area contributed by atoms with Gasteiger partial charge in [0.05, 0.1) is 0 Å². The summed E-state index contributed by atoms with van der Waals surface area (Å²) < 4.78 is 21.0. The summed E-state index contributed by atoms with van der Waals surface area (Å²) in [5.74, 6) is 0.979. The van der Waals surface area contributed by atoms with Crippen LogP contribution in [0.2, 0.25) is 0 Å². The Morgan fingerprint density at radius 1 is 1.19 bits per heavy atom. The second kappa shape index (κ2) is 8.88. The molecule has 3 aromatic rings. The van der Waals surface area contributed by atoms with E-state index in [2.05, 4.69) is 21.1 Å². The molecule has 0 spiro atoms. The summed E-state index contributed by atoms with van der Waals surface area (Å²) in [4.78, 5) is 21.1. The molecule has 170 valence electrons. The number of amides is 1. The highest BCUT2D eigenvalue weighted by Crippen LogP contribution is 2.32. The van der Waals surface area contributed by atoms with E-state index in [1.807, 2.05) is 33.9 Å². The first kappa shape index (κ1) is 22.2. The van der Waals surface area contributed by atoms with Crippen LogP contribution in [-0.4, -0.2) is 32.3 Å². The van der Waals surface area contributed by atoms with Gasteiger partial charge >= 0.3 is 6.09 Å². The number of carbonyl (C=O) groups excluding carboxylic acids is 1. The zero-order valence-electron chi connectivity index (χ0n) is 19.2. The Morgan fingerprint density at radius 3 is 2.53 bits per heavy atom. The summed E-state index contributed by atoms with van der Waals surface area (Å²) in [6.45, 7) is 8.36. The fourth-order valence-corrected chi connectivity index (χ4v) is 4.39. The van der Waals surface area contributed by atoms with Crippen molar-refractivity contribution in [2.24, 2.45) is 5.92 Å². The van der Waals surface area contributed by atoms with E-state index in [0.717, 1.165) is 60.2 Å². The minimum atomic E-state index is -0.487. The quantitative estimate of drug-likeness (QED) is 0.573. The van der Waals surface area contributed by atoms with Crippen molar-refractivity contribution in [3.63, 3.8) is 0 Å². The Hall–Kier alpha value is -2.96. The summed E-state index contributed by atoms with van der Waals surface area (Å²) in [5.41, 5.74) is 2.39. The predicted molar refractivity (Wildman–Crippen MR) is 123 cm³/mol. The van der Waals surface area contributed by atoms with Gasteiger partial charge in [-0.2, -0.15) is 0 Å². The van der Waals surface area contributed by atoms with E-state index in [1.54, 1.807) is 12.1 Å². The highest BCUT2D eigenvalue weighted by molar-refractivity contribution is 5.93. The first-order valence-corrected chi connectivity index (χ1v) is 11.3. The molecule has 1 aliphatic rings. The van der Waals surface area contributed by atoms with Gasteiger partial charge in [-0.3, -0.25) is 0 Å². The molecule has 1 saturated carbocycles. The maximum Gasteiger partial charge on any atom is 0.407 e. The SMILES string of the molecule is Cc1ncc2c(-c3ccc(F)cc3)cn(C[C@H]3CC[C@H](NC(=O)OC(C)(C)C)CC3)c2n1. The lowest BCUT2D eigenvalue weighted by Gasteiger charge is -2.30. The smallest absolute Gasteiger partial charge is 0.407 e. The number of hydrogen-bond donors (Lipinski definition) is 1. The van der Waals surface area contributed by atoms with Crippen LogP contribution in [0.4, 0.5) is 9.18 Å². The number of aromatic nitrogens is 3. The van der Waals surface area contributed by atoms with Crippen LogP contribution in [0.5, 0.6) is 0 Å². The van der Waals surface area contributed by atoms with Crippen LogP contribution in [0.15, 0.2) is 36.7 Å². The van der Waals surface area contributed by atoms with Crippen LogP contribution in [0.25, 0.3) is 22.2 Å². The molecule has 0 bridgehead atoms. The van der Waals surface area contributed by atoms with Crippen LogP contribution in [0, 0.1) is 18.7 Å². The topological polar surface area (TPSA) is 69.0 Å². The van der Waals surface area contributed by atoms with E-state index in [4.69, 9.17) is 9.72 Å². The molecule has 1 aliphatic carbocycles. The summed E-state index contributed by atoms with van der Waals surface area (Å²) in [5, 5.41) is 3.98. The van der Waals surface area contributed by atoms with E-state index in [9.17, 15) is 9.18 Å².